The molecule has 2 fully saturated rings. The molecule has 2 aliphatic heterocycles. The predicted molar refractivity (Wildman–Crippen MR) is 131 cm³/mol. The fourth-order valence-corrected chi connectivity index (χ4v) is 4.51. The lowest BCUT2D eigenvalue weighted by atomic mass is 10.1. The number of benzene rings is 2. The third kappa shape index (κ3) is 5.65. The zero-order chi connectivity index (χ0) is 22.3. The van der Waals surface area contributed by atoms with Crippen LogP contribution in [-0.4, -0.2) is 95.0 Å². The minimum Gasteiger partial charge on any atom is -0.496 e. The number of likely N-dealkylation sites (N-methyl/N-ethyl adjacent to an activating group) is 1. The van der Waals surface area contributed by atoms with Crippen molar-refractivity contribution in [2.24, 2.45) is 0 Å². The first-order chi connectivity index (χ1) is 15.7. The highest BCUT2D eigenvalue weighted by molar-refractivity contribution is 5.66. The Bertz CT molecular complexity index is 861. The molecule has 32 heavy (non-hydrogen) atoms. The van der Waals surface area contributed by atoms with Gasteiger partial charge in [0.1, 0.15) is 11.5 Å². The van der Waals surface area contributed by atoms with E-state index < -0.39 is 0 Å². The lowest BCUT2D eigenvalue weighted by Gasteiger charge is -2.36. The first-order valence-electron chi connectivity index (χ1n) is 11.6. The maximum absolute atomic E-state index is 5.65. The van der Waals surface area contributed by atoms with E-state index in [1.54, 1.807) is 14.2 Å². The molecule has 7 nitrogen and oxygen atoms in total. The van der Waals surface area contributed by atoms with Crippen molar-refractivity contribution in [2.45, 2.75) is 6.42 Å². The SMILES string of the molecule is COc1ccccc1CCN1CCN(Nc2ccc(OC)c(N3CCN(C)CC3)c2)CC1. The van der Waals surface area contributed by atoms with Gasteiger partial charge in [-0.15, -0.1) is 0 Å². The molecule has 0 aliphatic carbocycles. The quantitative estimate of drug-likeness (QED) is 0.678. The Kier molecular flexibility index (Phi) is 7.73. The molecule has 2 aromatic carbocycles. The summed E-state index contributed by atoms with van der Waals surface area (Å²) in [7, 11) is 5.69. The van der Waals surface area contributed by atoms with Crippen LogP contribution in [-0.2, 0) is 6.42 Å². The van der Waals surface area contributed by atoms with Gasteiger partial charge in [-0.2, -0.15) is 0 Å². The van der Waals surface area contributed by atoms with E-state index in [1.807, 2.05) is 12.1 Å². The minimum atomic E-state index is 0.946. The van der Waals surface area contributed by atoms with Gasteiger partial charge < -0.3 is 29.6 Å². The van der Waals surface area contributed by atoms with Crippen LogP contribution in [0.25, 0.3) is 0 Å². The van der Waals surface area contributed by atoms with Crippen LogP contribution in [0, 0.1) is 0 Å². The van der Waals surface area contributed by atoms with Crippen molar-refractivity contribution in [3.8, 4) is 11.5 Å². The molecule has 0 spiro atoms. The third-order valence-electron chi connectivity index (χ3n) is 6.57. The molecule has 4 rings (SSSR count). The number of nitrogens with zero attached hydrogens (tertiary/aromatic N) is 4. The van der Waals surface area contributed by atoms with Crippen LogP contribution in [0.2, 0.25) is 0 Å². The Morgan fingerprint density at radius 3 is 2.25 bits per heavy atom. The number of rotatable bonds is 8. The van der Waals surface area contributed by atoms with Gasteiger partial charge in [0.25, 0.3) is 0 Å². The van der Waals surface area contributed by atoms with Gasteiger partial charge in [-0.3, -0.25) is 0 Å². The van der Waals surface area contributed by atoms with Crippen LogP contribution in [0.4, 0.5) is 11.4 Å². The number of nitrogens with one attached hydrogen (secondary N) is 1. The molecular formula is C25H37N5O2. The first kappa shape index (κ1) is 22.7. The van der Waals surface area contributed by atoms with Gasteiger partial charge in [0, 0.05) is 58.9 Å². The molecule has 0 atom stereocenters. The van der Waals surface area contributed by atoms with Crippen molar-refractivity contribution >= 4 is 11.4 Å². The van der Waals surface area contributed by atoms with E-state index in [9.17, 15) is 0 Å². The lowest BCUT2D eigenvalue weighted by Crippen LogP contribution is -2.49. The van der Waals surface area contributed by atoms with E-state index in [1.165, 1.54) is 11.3 Å². The Hall–Kier alpha value is -2.48. The summed E-state index contributed by atoms with van der Waals surface area (Å²) in [5.74, 6) is 1.93. The second-order valence-corrected chi connectivity index (χ2v) is 8.68. The average Bonchev–Trinajstić information content (AvgIpc) is 2.84. The van der Waals surface area contributed by atoms with Crippen LogP contribution < -0.4 is 19.8 Å². The molecule has 0 saturated carbocycles. The minimum absolute atomic E-state index is 0.946. The van der Waals surface area contributed by atoms with Gasteiger partial charge in [-0.05, 0) is 43.3 Å². The van der Waals surface area contributed by atoms with E-state index >= 15 is 0 Å². The fraction of sp³-hybridized carbons (Fsp3) is 0.520. The third-order valence-corrected chi connectivity index (χ3v) is 6.57. The van der Waals surface area contributed by atoms with E-state index in [0.717, 1.165) is 82.5 Å². The Morgan fingerprint density at radius 1 is 0.812 bits per heavy atom. The first-order valence-corrected chi connectivity index (χ1v) is 11.6. The van der Waals surface area contributed by atoms with Crippen molar-refractivity contribution in [3.05, 3.63) is 48.0 Å². The molecule has 2 heterocycles. The second-order valence-electron chi connectivity index (χ2n) is 8.68. The molecular weight excluding hydrogens is 402 g/mol. The number of hydrogen-bond acceptors (Lipinski definition) is 7. The molecule has 7 heteroatoms. The Morgan fingerprint density at radius 2 is 1.53 bits per heavy atom. The molecule has 2 aliphatic rings. The predicted octanol–water partition coefficient (Wildman–Crippen LogP) is 2.64. The van der Waals surface area contributed by atoms with E-state index in [-0.39, 0.29) is 0 Å². The zero-order valence-corrected chi connectivity index (χ0v) is 19.7. The van der Waals surface area contributed by atoms with Gasteiger partial charge in [0.05, 0.1) is 25.6 Å². The number of methoxy groups -OCH3 is 2. The molecule has 2 aromatic rings. The number of hydrogen-bond donors (Lipinski definition) is 1. The van der Waals surface area contributed by atoms with Crippen molar-refractivity contribution in [3.63, 3.8) is 0 Å². The molecule has 1 N–H and O–H groups in total. The van der Waals surface area contributed by atoms with E-state index in [0.29, 0.717) is 0 Å². The summed E-state index contributed by atoms with van der Waals surface area (Å²) in [4.78, 5) is 7.34. The van der Waals surface area contributed by atoms with Gasteiger partial charge in [-0.1, -0.05) is 18.2 Å². The summed E-state index contributed by atoms with van der Waals surface area (Å²) in [6.45, 7) is 9.40. The second kappa shape index (κ2) is 10.9. The van der Waals surface area contributed by atoms with Crippen LogP contribution in [0.1, 0.15) is 5.56 Å². The Labute approximate surface area is 192 Å². The highest BCUT2D eigenvalue weighted by atomic mass is 16.5. The zero-order valence-electron chi connectivity index (χ0n) is 19.7. The van der Waals surface area contributed by atoms with Crippen LogP contribution in [0.3, 0.4) is 0 Å². The topological polar surface area (TPSA) is 43.5 Å². The number of para-hydroxylation sites is 1. The summed E-state index contributed by atoms with van der Waals surface area (Å²) in [5, 5.41) is 2.33. The van der Waals surface area contributed by atoms with Crippen molar-refractivity contribution in [1.82, 2.24) is 14.8 Å². The molecule has 0 amide bonds. The maximum Gasteiger partial charge on any atom is 0.142 e. The number of piperazine rings is 2. The molecule has 2 saturated heterocycles. The molecule has 174 valence electrons. The van der Waals surface area contributed by atoms with Crippen LogP contribution in [0.15, 0.2) is 42.5 Å². The molecule has 0 bridgehead atoms. The van der Waals surface area contributed by atoms with E-state index in [2.05, 4.69) is 62.5 Å². The molecule has 0 aromatic heterocycles. The van der Waals surface area contributed by atoms with Crippen LogP contribution in [0.5, 0.6) is 11.5 Å². The number of hydrazine groups is 1. The molecule has 0 radical (unpaired) electrons. The average molecular weight is 440 g/mol. The number of anilines is 2. The Balaban J connectivity index is 1.29. The summed E-state index contributed by atoms with van der Waals surface area (Å²) < 4.78 is 11.1. The fourth-order valence-electron chi connectivity index (χ4n) is 4.51. The smallest absolute Gasteiger partial charge is 0.142 e. The van der Waals surface area contributed by atoms with Gasteiger partial charge in [-0.25, -0.2) is 5.01 Å². The largest absolute Gasteiger partial charge is 0.496 e. The normalized spacial score (nSPS) is 18.5. The summed E-state index contributed by atoms with van der Waals surface area (Å²) in [5.41, 5.74) is 7.22. The van der Waals surface area contributed by atoms with Crippen molar-refractivity contribution in [2.75, 3.05) is 90.5 Å². The van der Waals surface area contributed by atoms with Gasteiger partial charge in [0.15, 0.2) is 0 Å². The maximum atomic E-state index is 5.65. The lowest BCUT2D eigenvalue weighted by molar-refractivity contribution is 0.154. The molecule has 0 unspecified atom stereocenters. The summed E-state index contributed by atoms with van der Waals surface area (Å²) >= 11 is 0. The van der Waals surface area contributed by atoms with Gasteiger partial charge in [0.2, 0.25) is 0 Å². The highest BCUT2D eigenvalue weighted by Gasteiger charge is 2.20. The summed E-state index contributed by atoms with van der Waals surface area (Å²) in [6.07, 6.45) is 1.02. The number of ether oxygens (including phenoxy) is 2. The highest BCUT2D eigenvalue weighted by Crippen LogP contribution is 2.32. The van der Waals surface area contributed by atoms with Crippen LogP contribution >= 0.6 is 0 Å². The monoisotopic (exact) mass is 439 g/mol. The van der Waals surface area contributed by atoms with Crippen molar-refractivity contribution in [1.29, 1.82) is 0 Å². The van der Waals surface area contributed by atoms with Gasteiger partial charge >= 0.3 is 0 Å². The standard InChI is InChI=1S/C25H37N5O2/c1-27-12-16-29(17-13-27)23-20-22(8-9-25(23)32-3)26-30-18-14-28(15-19-30)11-10-21-6-4-5-7-24(21)31-2/h4-9,20,26H,10-19H2,1-3H3. The van der Waals surface area contributed by atoms with Crippen molar-refractivity contribution < 1.29 is 9.47 Å². The van der Waals surface area contributed by atoms with E-state index in [4.69, 9.17) is 9.47 Å². The summed E-state index contributed by atoms with van der Waals surface area (Å²) in [6, 6.07) is 14.8.